The molecule has 2 aromatic carbocycles. The molecule has 1 aliphatic heterocycles. The molecule has 1 atom stereocenters. The molecule has 2 amide bonds. The van der Waals surface area contributed by atoms with Crippen LogP contribution in [-0.4, -0.2) is 74.3 Å². The van der Waals surface area contributed by atoms with Crippen molar-refractivity contribution in [2.45, 2.75) is 93.8 Å². The minimum atomic E-state index is -4.84. The fraction of sp³-hybridized carbons (Fsp3) is 0.562. The zero-order chi connectivity index (χ0) is 34.2. The van der Waals surface area contributed by atoms with Gasteiger partial charge in [0.25, 0.3) is 5.91 Å². The summed E-state index contributed by atoms with van der Waals surface area (Å²) >= 11 is 12.7. The molecule has 254 valence electrons. The second-order valence-corrected chi connectivity index (χ2v) is 16.1. The van der Waals surface area contributed by atoms with Crippen LogP contribution in [0.25, 0.3) is 0 Å². The van der Waals surface area contributed by atoms with Crippen molar-refractivity contribution in [3.05, 3.63) is 57.1 Å². The first-order chi connectivity index (χ1) is 21.3. The van der Waals surface area contributed by atoms with Crippen LogP contribution in [0.3, 0.4) is 0 Å². The lowest BCUT2D eigenvalue weighted by Gasteiger charge is -2.38. The third kappa shape index (κ3) is 8.29. The van der Waals surface area contributed by atoms with Gasteiger partial charge in [-0.05, 0) is 88.9 Å². The first kappa shape index (κ1) is 36.3. The van der Waals surface area contributed by atoms with Gasteiger partial charge < -0.3 is 14.5 Å². The number of hydrogen-bond acceptors (Lipinski definition) is 6. The van der Waals surface area contributed by atoms with Crippen molar-refractivity contribution in [1.29, 1.82) is 0 Å². The van der Waals surface area contributed by atoms with Gasteiger partial charge in [-0.15, -0.1) is 0 Å². The topological polar surface area (TPSA) is 87.2 Å². The summed E-state index contributed by atoms with van der Waals surface area (Å²) in [6.45, 7) is 5.90. The highest BCUT2D eigenvalue weighted by molar-refractivity contribution is 7.92. The second kappa shape index (κ2) is 13.9. The minimum absolute atomic E-state index is 0.0216. The van der Waals surface area contributed by atoms with Crippen molar-refractivity contribution in [3.63, 3.8) is 0 Å². The maximum absolute atomic E-state index is 14.5. The maximum atomic E-state index is 14.5. The van der Waals surface area contributed by atoms with Crippen molar-refractivity contribution in [2.24, 2.45) is 0 Å². The quantitative estimate of drug-likeness (QED) is 0.292. The zero-order valence-corrected chi connectivity index (χ0v) is 28.9. The highest BCUT2D eigenvalue weighted by Gasteiger charge is 2.38. The van der Waals surface area contributed by atoms with E-state index in [-0.39, 0.29) is 44.3 Å². The van der Waals surface area contributed by atoms with E-state index in [1.165, 1.54) is 36.2 Å². The van der Waals surface area contributed by atoms with E-state index in [1.807, 2.05) is 0 Å². The number of piperidine rings is 1. The van der Waals surface area contributed by atoms with Gasteiger partial charge in [-0.1, -0.05) is 36.0 Å². The number of likely N-dealkylation sites (tertiary alicyclic amines) is 1. The number of carbonyl (C=O) groups is 2. The number of benzene rings is 2. The van der Waals surface area contributed by atoms with E-state index in [1.54, 1.807) is 32.7 Å². The molecular weight excluding hydrogens is 666 g/mol. The molecule has 2 aliphatic rings. The van der Waals surface area contributed by atoms with Crippen molar-refractivity contribution in [1.82, 2.24) is 9.80 Å². The SMILES string of the molecule is CN(C(=O)c1cc(Cl)c(CN2CCC[C@H](N(C)C(=O)OC(C)(C)C)C2)c(C(F)(F)F)c1)c1cc(Cl)ccc1S(=O)(=O)C1CCCC1. The van der Waals surface area contributed by atoms with E-state index in [4.69, 9.17) is 27.9 Å². The molecule has 8 nitrogen and oxygen atoms in total. The Morgan fingerprint density at radius 2 is 1.65 bits per heavy atom. The molecule has 1 heterocycles. The first-order valence-electron chi connectivity index (χ1n) is 15.2. The predicted octanol–water partition coefficient (Wildman–Crippen LogP) is 7.84. The molecule has 0 N–H and O–H groups in total. The van der Waals surface area contributed by atoms with Crippen molar-refractivity contribution in [3.8, 4) is 0 Å². The molecule has 2 fully saturated rings. The standard InChI is InChI=1S/C32H40Cl2F3N3O5S/c1-31(2,3)45-30(42)38(4)22-9-8-14-40(18-22)19-24-25(32(35,36)37)15-20(16-26(24)34)29(41)39(5)27-17-21(33)12-13-28(27)46(43,44)23-10-6-7-11-23/h12-13,15-17,22-23H,6-11,14,18-19H2,1-5H3/t22-/m0/s1. The maximum Gasteiger partial charge on any atom is 0.416 e. The summed E-state index contributed by atoms with van der Waals surface area (Å²) in [7, 11) is -0.925. The fourth-order valence-electron chi connectivity index (χ4n) is 6.05. The third-order valence-corrected chi connectivity index (χ3v) is 11.4. The summed E-state index contributed by atoms with van der Waals surface area (Å²) in [5.74, 6) is -0.874. The average Bonchev–Trinajstić information content (AvgIpc) is 3.52. The Morgan fingerprint density at radius 1 is 1.00 bits per heavy atom. The lowest BCUT2D eigenvalue weighted by molar-refractivity contribution is -0.138. The molecule has 1 saturated carbocycles. The molecule has 0 unspecified atom stereocenters. The van der Waals surface area contributed by atoms with Crippen LogP contribution >= 0.6 is 23.2 Å². The van der Waals surface area contributed by atoms with Gasteiger partial charge in [-0.3, -0.25) is 9.69 Å². The van der Waals surface area contributed by atoms with Gasteiger partial charge in [-0.25, -0.2) is 13.2 Å². The Labute approximate surface area is 278 Å². The van der Waals surface area contributed by atoms with Crippen LogP contribution in [0.2, 0.25) is 10.0 Å². The van der Waals surface area contributed by atoms with E-state index in [9.17, 15) is 31.2 Å². The van der Waals surface area contributed by atoms with Gasteiger partial charge in [-0.2, -0.15) is 13.2 Å². The van der Waals surface area contributed by atoms with E-state index < -0.39 is 44.4 Å². The number of ether oxygens (including phenoxy) is 1. The predicted molar refractivity (Wildman–Crippen MR) is 172 cm³/mol. The number of alkyl halides is 3. The van der Waals surface area contributed by atoms with Crippen LogP contribution in [0.15, 0.2) is 35.2 Å². The van der Waals surface area contributed by atoms with E-state index in [2.05, 4.69) is 0 Å². The van der Waals surface area contributed by atoms with Crippen molar-refractivity contribution >= 4 is 50.7 Å². The number of carbonyl (C=O) groups excluding carboxylic acids is 2. The third-order valence-electron chi connectivity index (χ3n) is 8.47. The van der Waals surface area contributed by atoms with Crippen LogP contribution < -0.4 is 4.90 Å². The highest BCUT2D eigenvalue weighted by Crippen LogP contribution is 2.39. The number of halogens is 5. The molecule has 4 rings (SSSR count). The van der Waals surface area contributed by atoms with Crippen LogP contribution in [0.1, 0.15) is 80.8 Å². The van der Waals surface area contributed by atoms with Gasteiger partial charge in [0.05, 0.1) is 21.4 Å². The van der Waals surface area contributed by atoms with Crippen molar-refractivity contribution < 1.29 is 35.9 Å². The summed E-state index contributed by atoms with van der Waals surface area (Å²) in [5.41, 5.74) is -2.33. The number of hydrogen-bond donors (Lipinski definition) is 0. The molecule has 0 spiro atoms. The van der Waals surface area contributed by atoms with Gasteiger partial charge in [0.15, 0.2) is 9.84 Å². The van der Waals surface area contributed by atoms with Crippen LogP contribution in [-0.2, 0) is 27.3 Å². The summed E-state index contributed by atoms with van der Waals surface area (Å²) in [6, 6.07) is 5.72. The Hall–Kier alpha value is -2.54. The smallest absolute Gasteiger partial charge is 0.416 e. The molecule has 0 radical (unpaired) electrons. The molecule has 0 aromatic heterocycles. The molecule has 0 bridgehead atoms. The lowest BCUT2D eigenvalue weighted by Crippen LogP contribution is -2.49. The summed E-state index contributed by atoms with van der Waals surface area (Å²) in [5, 5.41) is -0.694. The van der Waals surface area contributed by atoms with E-state index in [0.717, 1.165) is 23.8 Å². The van der Waals surface area contributed by atoms with Crippen molar-refractivity contribution in [2.75, 3.05) is 32.1 Å². The Balaban J connectivity index is 1.62. The van der Waals surface area contributed by atoms with E-state index in [0.29, 0.717) is 38.8 Å². The molecular formula is C32H40Cl2F3N3O5S. The Morgan fingerprint density at radius 3 is 2.26 bits per heavy atom. The number of nitrogens with zero attached hydrogens (tertiary/aromatic N) is 3. The minimum Gasteiger partial charge on any atom is -0.444 e. The van der Waals surface area contributed by atoms with Gasteiger partial charge in [0.1, 0.15) is 5.60 Å². The van der Waals surface area contributed by atoms with Crippen LogP contribution in [0, 0.1) is 0 Å². The summed E-state index contributed by atoms with van der Waals surface area (Å²) < 4.78 is 75.9. The zero-order valence-electron chi connectivity index (χ0n) is 26.6. The van der Waals surface area contributed by atoms with Gasteiger partial charge >= 0.3 is 12.3 Å². The lowest BCUT2D eigenvalue weighted by atomic mass is 9.99. The number of likely N-dealkylation sites (N-methyl/N-ethyl adjacent to an activating group) is 1. The summed E-state index contributed by atoms with van der Waals surface area (Å²) in [6.07, 6.45) is -1.54. The molecule has 1 saturated heterocycles. The number of rotatable bonds is 7. The largest absolute Gasteiger partial charge is 0.444 e. The molecule has 14 heteroatoms. The van der Waals surface area contributed by atoms with Gasteiger partial charge in [0, 0.05) is 48.8 Å². The highest BCUT2D eigenvalue weighted by atomic mass is 35.5. The van der Waals surface area contributed by atoms with E-state index >= 15 is 0 Å². The number of amides is 2. The normalized spacial score (nSPS) is 18.4. The van der Waals surface area contributed by atoms with Crippen LogP contribution in [0.4, 0.5) is 23.7 Å². The molecule has 2 aromatic rings. The second-order valence-electron chi connectivity index (χ2n) is 13.0. The molecule has 46 heavy (non-hydrogen) atoms. The Kier molecular flexibility index (Phi) is 11.0. The number of anilines is 1. The van der Waals surface area contributed by atoms with Crippen LogP contribution in [0.5, 0.6) is 0 Å². The first-order valence-corrected chi connectivity index (χ1v) is 17.5. The fourth-order valence-corrected chi connectivity index (χ4v) is 8.55. The average molecular weight is 707 g/mol. The number of sulfone groups is 1. The Bertz CT molecular complexity index is 1570. The summed E-state index contributed by atoms with van der Waals surface area (Å²) in [4.78, 5) is 30.5. The monoisotopic (exact) mass is 705 g/mol. The van der Waals surface area contributed by atoms with Gasteiger partial charge in [0.2, 0.25) is 0 Å². The molecule has 1 aliphatic carbocycles.